The predicted octanol–water partition coefficient (Wildman–Crippen LogP) is 2.62. The topological polar surface area (TPSA) is 141 Å². The Morgan fingerprint density at radius 2 is 1.77 bits per heavy atom. The van der Waals surface area contributed by atoms with Crippen LogP contribution >= 0.6 is 46.8 Å². The van der Waals surface area contributed by atoms with Gasteiger partial charge in [-0.15, -0.1) is 0 Å². The Bertz CT molecular complexity index is 878. The molecule has 0 bridgehead atoms. The lowest BCUT2D eigenvalue weighted by atomic mass is 10.1. The summed E-state index contributed by atoms with van der Waals surface area (Å²) in [7, 11) is 1.19. The first-order valence-electron chi connectivity index (χ1n) is 7.89. The number of hydrogen-bond donors (Lipinski definition) is 2. The minimum absolute atomic E-state index is 0.328. The van der Waals surface area contributed by atoms with E-state index in [1.165, 1.54) is 13.2 Å². The first-order valence-corrected chi connectivity index (χ1v) is 9.80. The number of urea groups is 1. The number of hydrogen-bond acceptors (Lipinski definition) is 8. The summed E-state index contributed by atoms with van der Waals surface area (Å²) in [5.74, 6) is -1.82. The van der Waals surface area contributed by atoms with Crippen molar-refractivity contribution in [1.82, 2.24) is 14.9 Å². The van der Waals surface area contributed by atoms with Crippen molar-refractivity contribution in [2.45, 2.75) is 10.0 Å². The van der Waals surface area contributed by atoms with Crippen molar-refractivity contribution < 1.29 is 24.0 Å². The maximum atomic E-state index is 11.8. The number of oxime groups is 1. The van der Waals surface area contributed by atoms with E-state index in [0.29, 0.717) is 29.6 Å². The van der Waals surface area contributed by atoms with Gasteiger partial charge in [-0.25, -0.2) is 9.10 Å². The van der Waals surface area contributed by atoms with Gasteiger partial charge in [-0.05, 0) is 19.1 Å². The highest BCUT2D eigenvalue weighted by atomic mass is 35.6. The third kappa shape index (κ3) is 7.38. The molecule has 0 spiro atoms. The fourth-order valence-electron chi connectivity index (χ4n) is 1.92. The molecule has 0 saturated heterocycles. The van der Waals surface area contributed by atoms with Crippen molar-refractivity contribution in [1.29, 1.82) is 5.26 Å². The second-order valence-corrected chi connectivity index (χ2v) is 9.15. The summed E-state index contributed by atoms with van der Waals surface area (Å²) in [4.78, 5) is 49.7. The SMILES string of the molecule is CCNC(=O)NC(=O)/C(C#N)=N/OC.O=C1c2ccccc2C(=O)N1SC(Cl)(Cl)Cl. The van der Waals surface area contributed by atoms with Gasteiger partial charge in [0.2, 0.25) is 5.71 Å². The second-order valence-electron chi connectivity index (χ2n) is 5.04. The first kappa shape index (κ1) is 25.5. The number of nitrogens with one attached hydrogen (secondary N) is 2. The number of fused-ring (bicyclic) bond motifs is 1. The Labute approximate surface area is 190 Å². The molecule has 0 fully saturated rings. The molecule has 30 heavy (non-hydrogen) atoms. The molecule has 0 aliphatic carbocycles. The number of rotatable bonds is 4. The maximum absolute atomic E-state index is 11.8. The maximum Gasteiger partial charge on any atom is 0.321 e. The molecule has 0 saturated carbocycles. The van der Waals surface area contributed by atoms with Gasteiger partial charge in [-0.1, -0.05) is 52.1 Å². The molecule has 0 atom stereocenters. The number of benzene rings is 1. The molecule has 160 valence electrons. The first-order chi connectivity index (χ1) is 14.1. The van der Waals surface area contributed by atoms with Crippen LogP contribution in [0.4, 0.5) is 4.79 Å². The number of carbonyl (C=O) groups is 4. The van der Waals surface area contributed by atoms with Crippen molar-refractivity contribution in [3.05, 3.63) is 35.4 Å². The van der Waals surface area contributed by atoms with Crippen LogP contribution in [0.3, 0.4) is 0 Å². The van der Waals surface area contributed by atoms with Crippen LogP contribution in [-0.2, 0) is 9.63 Å². The van der Waals surface area contributed by atoms with Crippen LogP contribution in [0, 0.1) is 11.3 Å². The summed E-state index contributed by atoms with van der Waals surface area (Å²) in [5, 5.41) is 15.8. The average molecular weight is 495 g/mol. The van der Waals surface area contributed by atoms with Crippen LogP contribution in [0.2, 0.25) is 0 Å². The lowest BCUT2D eigenvalue weighted by molar-refractivity contribution is -0.113. The molecular formula is C16H14Cl3N5O5S. The smallest absolute Gasteiger partial charge is 0.321 e. The Morgan fingerprint density at radius 1 is 1.23 bits per heavy atom. The number of halogens is 3. The number of nitrogens with zero attached hydrogens (tertiary/aromatic N) is 3. The van der Waals surface area contributed by atoms with E-state index in [1.807, 2.05) is 5.32 Å². The van der Waals surface area contributed by atoms with Crippen molar-refractivity contribution in [2.75, 3.05) is 13.7 Å². The monoisotopic (exact) mass is 493 g/mol. The number of nitriles is 1. The molecule has 1 aliphatic heterocycles. The Balaban J connectivity index is 0.000000304. The zero-order valence-corrected chi connectivity index (χ0v) is 18.5. The minimum Gasteiger partial charge on any atom is -0.398 e. The van der Waals surface area contributed by atoms with E-state index in [4.69, 9.17) is 40.1 Å². The summed E-state index contributed by atoms with van der Waals surface area (Å²) >= 11 is 17.2. The number of imide groups is 2. The van der Waals surface area contributed by atoms with E-state index < -0.39 is 32.6 Å². The van der Waals surface area contributed by atoms with Crippen molar-refractivity contribution in [3.8, 4) is 6.07 Å². The quantitative estimate of drug-likeness (QED) is 0.215. The van der Waals surface area contributed by atoms with Gasteiger partial charge in [0.15, 0.2) is 0 Å². The summed E-state index contributed by atoms with van der Waals surface area (Å²) < 4.78 is -0.884. The number of alkyl halides is 3. The molecule has 1 aliphatic rings. The highest BCUT2D eigenvalue weighted by Crippen LogP contribution is 2.43. The van der Waals surface area contributed by atoms with E-state index in [-0.39, 0.29) is 0 Å². The third-order valence-corrected chi connectivity index (χ3v) is 4.36. The summed E-state index contributed by atoms with van der Waals surface area (Å²) in [5.41, 5.74) is 0.141. The number of amides is 5. The van der Waals surface area contributed by atoms with E-state index in [1.54, 1.807) is 31.2 Å². The molecule has 0 radical (unpaired) electrons. The summed E-state index contributed by atoms with van der Waals surface area (Å²) in [6.45, 7) is 2.07. The predicted molar refractivity (Wildman–Crippen MR) is 112 cm³/mol. The van der Waals surface area contributed by atoms with Gasteiger partial charge in [0, 0.05) is 18.5 Å². The molecule has 0 unspecified atom stereocenters. The van der Waals surface area contributed by atoms with Crippen LogP contribution in [0.1, 0.15) is 27.6 Å². The van der Waals surface area contributed by atoms with Gasteiger partial charge in [0.1, 0.15) is 13.2 Å². The molecule has 0 aromatic heterocycles. The Morgan fingerprint density at radius 3 is 2.17 bits per heavy atom. The van der Waals surface area contributed by atoms with Crippen LogP contribution in [0.5, 0.6) is 0 Å². The van der Waals surface area contributed by atoms with Crippen molar-refractivity contribution in [3.63, 3.8) is 0 Å². The lowest BCUT2D eigenvalue weighted by Crippen LogP contribution is -2.42. The molecule has 1 aromatic carbocycles. The van der Waals surface area contributed by atoms with Crippen LogP contribution in [0.25, 0.3) is 0 Å². The standard InChI is InChI=1S/C9H4Cl3NO2S.C7H10N4O3/c10-9(11,12)16-13-7(14)5-3-1-2-4-6(5)8(13)15;1-3-9-7(13)10-6(12)5(4-8)11-14-2/h1-4H;3H2,1-2H3,(H2,9,10,12,13)/b;11-5+. The summed E-state index contributed by atoms with van der Waals surface area (Å²) in [6, 6.07) is 7.28. The molecule has 14 heteroatoms. The Kier molecular flexibility index (Phi) is 9.88. The zero-order valence-electron chi connectivity index (χ0n) is 15.4. The molecule has 5 amide bonds. The zero-order chi connectivity index (χ0) is 22.9. The lowest BCUT2D eigenvalue weighted by Gasteiger charge is -2.17. The van der Waals surface area contributed by atoms with Gasteiger partial charge in [-0.3, -0.25) is 19.7 Å². The van der Waals surface area contributed by atoms with Crippen LogP contribution in [-0.4, -0.2) is 50.5 Å². The van der Waals surface area contributed by atoms with Gasteiger partial charge in [-0.2, -0.15) is 5.26 Å². The van der Waals surface area contributed by atoms with Crippen LogP contribution < -0.4 is 10.6 Å². The molecule has 1 heterocycles. The van der Waals surface area contributed by atoms with Crippen molar-refractivity contribution in [2.24, 2.45) is 5.16 Å². The third-order valence-electron chi connectivity index (χ3n) is 3.02. The summed E-state index contributed by atoms with van der Waals surface area (Å²) in [6.07, 6.45) is 0. The molecule has 1 aromatic rings. The number of carbonyl (C=O) groups excluding carboxylic acids is 4. The Hall–Kier alpha value is -2.52. The van der Waals surface area contributed by atoms with Gasteiger partial charge >= 0.3 is 6.03 Å². The largest absolute Gasteiger partial charge is 0.398 e. The van der Waals surface area contributed by atoms with E-state index in [9.17, 15) is 19.2 Å². The molecule has 2 N–H and O–H groups in total. The normalized spacial score (nSPS) is 12.9. The van der Waals surface area contributed by atoms with E-state index in [2.05, 4.69) is 15.3 Å². The van der Waals surface area contributed by atoms with E-state index in [0.717, 1.165) is 4.31 Å². The highest BCUT2D eigenvalue weighted by Gasteiger charge is 2.40. The van der Waals surface area contributed by atoms with Gasteiger partial charge < -0.3 is 10.2 Å². The van der Waals surface area contributed by atoms with E-state index >= 15 is 0 Å². The second kappa shape index (κ2) is 11.6. The van der Waals surface area contributed by atoms with Crippen LogP contribution in [0.15, 0.2) is 29.4 Å². The fraction of sp³-hybridized carbons (Fsp3) is 0.250. The highest BCUT2D eigenvalue weighted by molar-refractivity contribution is 8.03. The van der Waals surface area contributed by atoms with Gasteiger partial charge in [0.25, 0.3) is 20.8 Å². The average Bonchev–Trinajstić information content (AvgIpc) is 2.90. The van der Waals surface area contributed by atoms with Crippen molar-refractivity contribution >= 4 is 76.2 Å². The molecule has 2 rings (SSSR count). The fourth-order valence-corrected chi connectivity index (χ4v) is 3.12. The minimum atomic E-state index is -1.74. The van der Waals surface area contributed by atoms with Gasteiger partial charge in [0.05, 0.1) is 11.1 Å². The molecule has 10 nitrogen and oxygen atoms in total. The molecular weight excluding hydrogens is 481 g/mol.